The zero-order chi connectivity index (χ0) is 16.5. The molecule has 3 N–H and O–H groups in total. The van der Waals surface area contributed by atoms with Gasteiger partial charge in [-0.25, -0.2) is 4.98 Å². The standard InChI is InChI=1S/C17H26N4O.2ClH/c1-11(2)21-14-9-7-6-8-13(14)20-15(21)12(3)19-16(22)17(4,5)10-18;;/h6-9,11-12H,10,18H2,1-5H3,(H,19,22);2*1H. The van der Waals surface area contributed by atoms with Crippen molar-refractivity contribution in [2.24, 2.45) is 11.1 Å². The van der Waals surface area contributed by atoms with Crippen LogP contribution in [0.4, 0.5) is 0 Å². The SMILES string of the molecule is CC(NC(=O)C(C)(C)CN)c1nc2ccccc2n1C(C)C.Cl.Cl. The van der Waals surface area contributed by atoms with E-state index < -0.39 is 5.41 Å². The Kier molecular flexibility index (Phi) is 8.22. The minimum atomic E-state index is -0.580. The van der Waals surface area contributed by atoms with Crippen LogP contribution in [-0.4, -0.2) is 22.0 Å². The second kappa shape index (κ2) is 8.70. The number of para-hydroxylation sites is 2. The summed E-state index contributed by atoms with van der Waals surface area (Å²) in [5.74, 6) is 0.822. The van der Waals surface area contributed by atoms with Crippen LogP contribution in [0.3, 0.4) is 0 Å². The minimum Gasteiger partial charge on any atom is -0.346 e. The molecule has 0 saturated heterocycles. The molecule has 0 spiro atoms. The van der Waals surface area contributed by atoms with Crippen LogP contribution in [0.2, 0.25) is 0 Å². The Bertz CT molecular complexity index is 682. The van der Waals surface area contributed by atoms with Gasteiger partial charge in [0.05, 0.1) is 22.5 Å². The molecule has 1 amide bonds. The van der Waals surface area contributed by atoms with Crippen molar-refractivity contribution in [1.82, 2.24) is 14.9 Å². The van der Waals surface area contributed by atoms with Gasteiger partial charge < -0.3 is 15.6 Å². The van der Waals surface area contributed by atoms with E-state index in [2.05, 4.69) is 29.8 Å². The summed E-state index contributed by atoms with van der Waals surface area (Å²) in [6.45, 7) is 10.2. The number of carbonyl (C=O) groups excluding carboxylic acids is 1. The van der Waals surface area contributed by atoms with Gasteiger partial charge in [0.15, 0.2) is 0 Å². The molecule has 2 aromatic rings. The third kappa shape index (κ3) is 4.41. The molecule has 1 atom stereocenters. The van der Waals surface area contributed by atoms with Crippen LogP contribution in [0, 0.1) is 5.41 Å². The van der Waals surface area contributed by atoms with Crippen LogP contribution < -0.4 is 11.1 Å². The fourth-order valence-corrected chi connectivity index (χ4v) is 2.46. The van der Waals surface area contributed by atoms with Crippen molar-refractivity contribution in [2.45, 2.75) is 46.7 Å². The fourth-order valence-electron chi connectivity index (χ4n) is 2.46. The Labute approximate surface area is 156 Å². The van der Waals surface area contributed by atoms with Crippen LogP contribution in [0.1, 0.15) is 52.5 Å². The average molecular weight is 375 g/mol. The average Bonchev–Trinajstić information content (AvgIpc) is 2.86. The summed E-state index contributed by atoms with van der Waals surface area (Å²) >= 11 is 0. The van der Waals surface area contributed by atoms with Gasteiger partial charge >= 0.3 is 0 Å². The van der Waals surface area contributed by atoms with Gasteiger partial charge in [-0.1, -0.05) is 12.1 Å². The predicted molar refractivity (Wildman–Crippen MR) is 104 cm³/mol. The first kappa shape index (κ1) is 22.7. The molecule has 0 radical (unpaired) electrons. The van der Waals surface area contributed by atoms with E-state index in [1.807, 2.05) is 39.0 Å². The number of fused-ring (bicyclic) bond motifs is 1. The van der Waals surface area contributed by atoms with E-state index >= 15 is 0 Å². The molecule has 1 heterocycles. The third-order valence-corrected chi connectivity index (χ3v) is 4.00. The fraction of sp³-hybridized carbons (Fsp3) is 0.529. The van der Waals surface area contributed by atoms with Crippen LogP contribution in [0.25, 0.3) is 11.0 Å². The van der Waals surface area contributed by atoms with Gasteiger partial charge in [0, 0.05) is 12.6 Å². The van der Waals surface area contributed by atoms with E-state index in [9.17, 15) is 4.79 Å². The van der Waals surface area contributed by atoms with E-state index in [1.165, 1.54) is 0 Å². The van der Waals surface area contributed by atoms with E-state index in [0.717, 1.165) is 16.9 Å². The Balaban J connectivity index is 0.00000264. The lowest BCUT2D eigenvalue weighted by molar-refractivity contribution is -0.129. The maximum atomic E-state index is 12.3. The van der Waals surface area contributed by atoms with Gasteiger partial charge in [0.2, 0.25) is 5.91 Å². The number of carbonyl (C=O) groups is 1. The number of benzene rings is 1. The molecule has 5 nitrogen and oxygen atoms in total. The van der Waals surface area contributed by atoms with Crippen molar-refractivity contribution < 1.29 is 4.79 Å². The molecule has 2 rings (SSSR count). The predicted octanol–water partition coefficient (Wildman–Crippen LogP) is 3.62. The van der Waals surface area contributed by atoms with Crippen molar-refractivity contribution in [2.75, 3.05) is 6.54 Å². The highest BCUT2D eigenvalue weighted by Crippen LogP contribution is 2.25. The maximum Gasteiger partial charge on any atom is 0.227 e. The van der Waals surface area contributed by atoms with Crippen molar-refractivity contribution in [3.05, 3.63) is 30.1 Å². The van der Waals surface area contributed by atoms with Crippen molar-refractivity contribution in [3.8, 4) is 0 Å². The van der Waals surface area contributed by atoms with Gasteiger partial charge in [-0.3, -0.25) is 4.79 Å². The summed E-state index contributed by atoms with van der Waals surface area (Å²) in [6, 6.07) is 8.13. The number of halogens is 2. The number of hydrogen-bond donors (Lipinski definition) is 2. The summed E-state index contributed by atoms with van der Waals surface area (Å²) in [5, 5.41) is 3.04. The molecule has 0 bridgehead atoms. The van der Waals surface area contributed by atoms with Crippen molar-refractivity contribution in [3.63, 3.8) is 0 Å². The summed E-state index contributed by atoms with van der Waals surface area (Å²) in [7, 11) is 0. The zero-order valence-corrected chi connectivity index (χ0v) is 16.5. The Morgan fingerprint density at radius 3 is 2.38 bits per heavy atom. The van der Waals surface area contributed by atoms with E-state index in [0.29, 0.717) is 6.54 Å². The molecule has 0 aliphatic carbocycles. The number of hydrogen-bond acceptors (Lipinski definition) is 3. The Morgan fingerprint density at radius 2 is 1.83 bits per heavy atom. The van der Waals surface area contributed by atoms with Gasteiger partial charge in [-0.15, -0.1) is 24.8 Å². The zero-order valence-electron chi connectivity index (χ0n) is 14.9. The van der Waals surface area contributed by atoms with E-state index in [-0.39, 0.29) is 42.8 Å². The number of aromatic nitrogens is 2. The number of nitrogens with zero attached hydrogens (tertiary/aromatic N) is 2. The first-order valence-electron chi connectivity index (χ1n) is 7.76. The first-order valence-corrected chi connectivity index (χ1v) is 7.76. The van der Waals surface area contributed by atoms with Crippen LogP contribution in [0.15, 0.2) is 24.3 Å². The molecule has 0 aliphatic heterocycles. The van der Waals surface area contributed by atoms with Crippen LogP contribution in [-0.2, 0) is 4.79 Å². The summed E-state index contributed by atoms with van der Waals surface area (Å²) < 4.78 is 2.18. The molecule has 7 heteroatoms. The third-order valence-electron chi connectivity index (χ3n) is 4.00. The lowest BCUT2D eigenvalue weighted by Gasteiger charge is -2.25. The van der Waals surface area contributed by atoms with Crippen LogP contribution >= 0.6 is 24.8 Å². The lowest BCUT2D eigenvalue weighted by Crippen LogP contribution is -2.43. The molecular formula is C17H28Cl2N4O. The normalized spacial score (nSPS) is 12.5. The number of nitrogens with one attached hydrogen (secondary N) is 1. The number of rotatable bonds is 5. The van der Waals surface area contributed by atoms with E-state index in [4.69, 9.17) is 10.7 Å². The molecule has 0 fully saturated rings. The highest BCUT2D eigenvalue weighted by atomic mass is 35.5. The second-order valence-electron chi connectivity index (χ2n) is 6.71. The highest BCUT2D eigenvalue weighted by molar-refractivity contribution is 5.85. The molecule has 1 aromatic carbocycles. The van der Waals surface area contributed by atoms with E-state index in [1.54, 1.807) is 0 Å². The quantitative estimate of drug-likeness (QED) is 0.838. The Morgan fingerprint density at radius 1 is 1.25 bits per heavy atom. The van der Waals surface area contributed by atoms with Crippen molar-refractivity contribution >= 4 is 41.8 Å². The number of nitrogens with two attached hydrogens (primary N) is 1. The van der Waals surface area contributed by atoms with Gasteiger partial charge in [-0.05, 0) is 46.8 Å². The molecular weight excluding hydrogens is 347 g/mol. The first-order chi connectivity index (χ1) is 10.3. The minimum absolute atomic E-state index is 0. The highest BCUT2D eigenvalue weighted by Gasteiger charge is 2.28. The second-order valence-corrected chi connectivity index (χ2v) is 6.71. The maximum absolute atomic E-state index is 12.3. The molecule has 0 saturated carbocycles. The molecule has 24 heavy (non-hydrogen) atoms. The molecule has 1 aromatic heterocycles. The topological polar surface area (TPSA) is 72.9 Å². The number of imidazole rings is 1. The largest absolute Gasteiger partial charge is 0.346 e. The summed E-state index contributed by atoms with van der Waals surface area (Å²) in [5.41, 5.74) is 7.14. The van der Waals surface area contributed by atoms with Crippen molar-refractivity contribution in [1.29, 1.82) is 0 Å². The summed E-state index contributed by atoms with van der Waals surface area (Å²) in [6.07, 6.45) is 0. The van der Waals surface area contributed by atoms with Gasteiger partial charge in [0.25, 0.3) is 0 Å². The summed E-state index contributed by atoms with van der Waals surface area (Å²) in [4.78, 5) is 17.1. The molecule has 0 aliphatic rings. The monoisotopic (exact) mass is 374 g/mol. The smallest absolute Gasteiger partial charge is 0.227 e. The molecule has 1 unspecified atom stereocenters. The van der Waals surface area contributed by atoms with Gasteiger partial charge in [0.1, 0.15) is 5.82 Å². The number of amides is 1. The van der Waals surface area contributed by atoms with Crippen LogP contribution in [0.5, 0.6) is 0 Å². The lowest BCUT2D eigenvalue weighted by atomic mass is 9.92. The van der Waals surface area contributed by atoms with Gasteiger partial charge in [-0.2, -0.15) is 0 Å². The Hall–Kier alpha value is -1.30. The molecule has 136 valence electrons.